The molecular weight excluding hydrogens is 116 g/mol. The minimum Gasteiger partial charge on any atom is -0.392 e. The topological polar surface area (TPSA) is 72.3 Å². The Hall–Kier alpha value is -0.120. The van der Waals surface area contributed by atoms with Crippen LogP contribution in [-0.4, -0.2) is 23.8 Å². The number of hydrogen-bond acceptors (Lipinski definition) is 3. The molecule has 5 N–H and O–H groups in total. The fraction of sp³-hybridized carbons (Fsp3) is 1.00. The van der Waals surface area contributed by atoms with E-state index in [1.165, 1.54) is 0 Å². The van der Waals surface area contributed by atoms with Crippen molar-refractivity contribution >= 4 is 0 Å². The molecule has 0 amide bonds. The molecule has 0 aromatic rings. The Morgan fingerprint density at radius 1 is 1.44 bits per heavy atom. The quantitative estimate of drug-likeness (QED) is 0.480. The van der Waals surface area contributed by atoms with Gasteiger partial charge >= 0.3 is 0 Å². The third-order valence-corrected chi connectivity index (χ3v) is 1.23. The Balaban J connectivity index is 3.06. The van der Waals surface area contributed by atoms with Gasteiger partial charge in [0.1, 0.15) is 0 Å². The summed E-state index contributed by atoms with van der Waals surface area (Å²) in [6.45, 7) is 2.26. The highest BCUT2D eigenvalue weighted by molar-refractivity contribution is 4.60. The molecule has 0 fully saturated rings. The highest BCUT2D eigenvalue weighted by Gasteiger charge is 2.01. The summed E-state index contributed by atoms with van der Waals surface area (Å²) in [6, 6.07) is 0.172. The molecular formula is C6H16N2O. The van der Waals surface area contributed by atoms with Crippen molar-refractivity contribution < 1.29 is 5.11 Å². The van der Waals surface area contributed by atoms with E-state index < -0.39 is 0 Å². The van der Waals surface area contributed by atoms with Gasteiger partial charge in [0, 0.05) is 12.6 Å². The lowest BCUT2D eigenvalue weighted by molar-refractivity contribution is 0.167. The molecule has 0 aliphatic heterocycles. The first kappa shape index (κ1) is 8.88. The molecule has 0 aliphatic carbocycles. The van der Waals surface area contributed by atoms with E-state index in [2.05, 4.69) is 0 Å². The summed E-state index contributed by atoms with van der Waals surface area (Å²) in [7, 11) is 0. The second kappa shape index (κ2) is 4.73. The monoisotopic (exact) mass is 132 g/mol. The molecule has 0 aliphatic rings. The van der Waals surface area contributed by atoms with E-state index in [9.17, 15) is 0 Å². The average molecular weight is 132 g/mol. The number of aliphatic hydroxyl groups excluding tert-OH is 1. The van der Waals surface area contributed by atoms with Gasteiger partial charge < -0.3 is 16.6 Å². The number of aliphatic hydroxyl groups is 1. The number of nitrogens with two attached hydrogens (primary N) is 2. The summed E-state index contributed by atoms with van der Waals surface area (Å²) >= 11 is 0. The van der Waals surface area contributed by atoms with Gasteiger partial charge in [0.15, 0.2) is 0 Å². The van der Waals surface area contributed by atoms with E-state index in [1.807, 2.05) is 6.92 Å². The maximum Gasteiger partial charge on any atom is 0.0663 e. The average Bonchev–Trinajstić information content (AvgIpc) is 1.83. The molecule has 2 unspecified atom stereocenters. The van der Waals surface area contributed by atoms with Gasteiger partial charge in [0.25, 0.3) is 0 Å². The first-order valence-electron chi connectivity index (χ1n) is 3.30. The van der Waals surface area contributed by atoms with Gasteiger partial charge in [-0.2, -0.15) is 0 Å². The lowest BCUT2D eigenvalue weighted by Gasteiger charge is -2.08. The van der Waals surface area contributed by atoms with Crippen LogP contribution in [0, 0.1) is 0 Å². The van der Waals surface area contributed by atoms with Crippen molar-refractivity contribution in [3.05, 3.63) is 0 Å². The fourth-order valence-electron chi connectivity index (χ4n) is 0.573. The highest BCUT2D eigenvalue weighted by atomic mass is 16.3. The second-order valence-electron chi connectivity index (χ2n) is 2.44. The Morgan fingerprint density at radius 3 is 2.33 bits per heavy atom. The van der Waals surface area contributed by atoms with Crippen LogP contribution in [0.25, 0.3) is 0 Å². The third kappa shape index (κ3) is 5.76. The van der Waals surface area contributed by atoms with Gasteiger partial charge in [-0.25, -0.2) is 0 Å². The zero-order valence-corrected chi connectivity index (χ0v) is 5.88. The van der Waals surface area contributed by atoms with Crippen molar-refractivity contribution in [2.24, 2.45) is 11.5 Å². The summed E-state index contributed by atoms with van der Waals surface area (Å²) in [4.78, 5) is 0. The van der Waals surface area contributed by atoms with Gasteiger partial charge in [-0.3, -0.25) is 0 Å². The van der Waals surface area contributed by atoms with E-state index in [0.717, 1.165) is 6.42 Å². The highest BCUT2D eigenvalue weighted by Crippen LogP contribution is 1.97. The molecule has 0 spiro atoms. The molecule has 0 saturated heterocycles. The van der Waals surface area contributed by atoms with Crippen molar-refractivity contribution in [3.63, 3.8) is 0 Å². The lowest BCUT2D eigenvalue weighted by atomic mass is 10.1. The molecule has 0 aromatic carbocycles. The lowest BCUT2D eigenvalue weighted by Crippen LogP contribution is -2.23. The van der Waals surface area contributed by atoms with Crippen LogP contribution in [0.5, 0.6) is 0 Å². The van der Waals surface area contributed by atoms with Gasteiger partial charge in [0.05, 0.1) is 6.10 Å². The van der Waals surface area contributed by atoms with E-state index >= 15 is 0 Å². The predicted molar refractivity (Wildman–Crippen MR) is 37.9 cm³/mol. The predicted octanol–water partition coefficient (Wildman–Crippen LogP) is -0.567. The standard InChI is InChI=1S/C6H16N2O/c1-5(8)2-3-6(9)4-7/h5-6,9H,2-4,7-8H2,1H3. The van der Waals surface area contributed by atoms with Gasteiger partial charge in [-0.15, -0.1) is 0 Å². The van der Waals surface area contributed by atoms with Crippen molar-refractivity contribution in [2.75, 3.05) is 6.54 Å². The molecule has 0 saturated carbocycles. The van der Waals surface area contributed by atoms with Crippen LogP contribution < -0.4 is 11.5 Å². The molecule has 56 valence electrons. The molecule has 0 heterocycles. The van der Waals surface area contributed by atoms with Crippen LogP contribution in [0.1, 0.15) is 19.8 Å². The minimum absolute atomic E-state index is 0.172. The van der Waals surface area contributed by atoms with Crippen LogP contribution in [-0.2, 0) is 0 Å². The summed E-state index contributed by atoms with van der Waals surface area (Å²) in [5.41, 5.74) is 10.6. The summed E-state index contributed by atoms with van der Waals surface area (Å²) in [5.74, 6) is 0. The maximum absolute atomic E-state index is 8.93. The zero-order valence-electron chi connectivity index (χ0n) is 5.88. The summed E-state index contributed by atoms with van der Waals surface area (Å²) < 4.78 is 0. The van der Waals surface area contributed by atoms with Crippen molar-refractivity contribution in [1.29, 1.82) is 0 Å². The summed E-state index contributed by atoms with van der Waals surface area (Å²) in [6.07, 6.45) is 1.20. The van der Waals surface area contributed by atoms with Gasteiger partial charge in [0.2, 0.25) is 0 Å². The van der Waals surface area contributed by atoms with Crippen molar-refractivity contribution in [3.8, 4) is 0 Å². The minimum atomic E-state index is -0.365. The largest absolute Gasteiger partial charge is 0.392 e. The zero-order chi connectivity index (χ0) is 7.28. The van der Waals surface area contributed by atoms with Gasteiger partial charge in [-0.1, -0.05) is 0 Å². The van der Waals surface area contributed by atoms with Crippen LogP contribution in [0.3, 0.4) is 0 Å². The van der Waals surface area contributed by atoms with E-state index in [1.54, 1.807) is 0 Å². The Kier molecular flexibility index (Phi) is 4.67. The second-order valence-corrected chi connectivity index (χ2v) is 2.44. The van der Waals surface area contributed by atoms with E-state index in [-0.39, 0.29) is 12.1 Å². The fourth-order valence-corrected chi connectivity index (χ4v) is 0.573. The Bertz CT molecular complexity index is 66.1. The van der Waals surface area contributed by atoms with Crippen LogP contribution in [0.15, 0.2) is 0 Å². The normalized spacial score (nSPS) is 17.3. The molecule has 0 radical (unpaired) electrons. The molecule has 0 rings (SSSR count). The third-order valence-electron chi connectivity index (χ3n) is 1.23. The van der Waals surface area contributed by atoms with Crippen LogP contribution in [0.4, 0.5) is 0 Å². The van der Waals surface area contributed by atoms with Crippen LogP contribution in [0.2, 0.25) is 0 Å². The number of rotatable bonds is 4. The first-order chi connectivity index (χ1) is 4.16. The van der Waals surface area contributed by atoms with E-state index in [4.69, 9.17) is 16.6 Å². The Morgan fingerprint density at radius 2 is 2.00 bits per heavy atom. The first-order valence-corrected chi connectivity index (χ1v) is 3.30. The van der Waals surface area contributed by atoms with E-state index in [0.29, 0.717) is 13.0 Å². The van der Waals surface area contributed by atoms with Crippen molar-refractivity contribution in [1.82, 2.24) is 0 Å². The maximum atomic E-state index is 8.93. The van der Waals surface area contributed by atoms with Crippen LogP contribution >= 0.6 is 0 Å². The van der Waals surface area contributed by atoms with Gasteiger partial charge in [-0.05, 0) is 19.8 Å². The summed E-state index contributed by atoms with van der Waals surface area (Å²) in [5, 5.41) is 8.93. The molecule has 2 atom stereocenters. The molecule has 3 heteroatoms. The van der Waals surface area contributed by atoms with Crippen molar-refractivity contribution in [2.45, 2.75) is 31.9 Å². The Labute approximate surface area is 56.0 Å². The molecule has 0 aromatic heterocycles. The smallest absolute Gasteiger partial charge is 0.0663 e. The SMILES string of the molecule is CC(N)CCC(O)CN. The molecule has 0 bridgehead atoms. The molecule has 9 heavy (non-hydrogen) atoms. The number of hydrogen-bond donors (Lipinski definition) is 3. The molecule has 3 nitrogen and oxygen atoms in total.